The Hall–Kier alpha value is -3.78. The molecule has 4 rings (SSSR count). The third-order valence-corrected chi connectivity index (χ3v) is 5.12. The lowest BCUT2D eigenvalue weighted by atomic mass is 10.0. The van der Waals surface area contributed by atoms with Crippen LogP contribution in [0.1, 0.15) is 47.2 Å². The zero-order valence-corrected chi connectivity index (χ0v) is 18.3. The Morgan fingerprint density at radius 1 is 1.18 bits per heavy atom. The molecular weight excluding hydrogens is 423 g/mol. The van der Waals surface area contributed by atoms with Crippen molar-refractivity contribution in [1.29, 1.82) is 0 Å². The molecule has 0 spiro atoms. The first-order valence-corrected chi connectivity index (χ1v) is 10.7. The van der Waals surface area contributed by atoms with E-state index >= 15 is 0 Å². The quantitative estimate of drug-likeness (QED) is 0.368. The Bertz CT molecular complexity index is 1190. The molecule has 33 heavy (non-hydrogen) atoms. The summed E-state index contributed by atoms with van der Waals surface area (Å²) < 4.78 is 26.8. The van der Waals surface area contributed by atoms with Gasteiger partial charge in [-0.1, -0.05) is 29.5 Å². The number of hydrogen-bond donors (Lipinski definition) is 1. The van der Waals surface area contributed by atoms with Crippen molar-refractivity contribution < 1.29 is 18.7 Å². The van der Waals surface area contributed by atoms with Crippen molar-refractivity contribution >= 4 is 12.2 Å². The van der Waals surface area contributed by atoms with Crippen LogP contribution in [-0.4, -0.2) is 25.1 Å². The number of aromatic nitrogens is 4. The molecule has 0 saturated heterocycles. The highest BCUT2D eigenvalue weighted by molar-refractivity contribution is 5.66. The highest BCUT2D eigenvalue weighted by Crippen LogP contribution is 2.22. The van der Waals surface area contributed by atoms with E-state index < -0.39 is 6.10 Å². The number of aliphatic hydroxyl groups is 1. The van der Waals surface area contributed by atoms with E-state index in [1.54, 1.807) is 35.3 Å². The minimum absolute atomic E-state index is 0.232. The first kappa shape index (κ1) is 22.4. The van der Waals surface area contributed by atoms with Gasteiger partial charge in [0.2, 0.25) is 5.89 Å². The molecule has 7 nitrogen and oxygen atoms in total. The number of ether oxygens (including phenoxy) is 1. The van der Waals surface area contributed by atoms with Crippen molar-refractivity contribution in [2.24, 2.45) is 0 Å². The maximum Gasteiger partial charge on any atom is 0.218 e. The van der Waals surface area contributed by atoms with Gasteiger partial charge in [-0.3, -0.25) is 4.68 Å². The molecule has 170 valence electrons. The fourth-order valence-corrected chi connectivity index (χ4v) is 3.30. The maximum atomic E-state index is 13.9. The number of rotatable bonds is 10. The Morgan fingerprint density at radius 3 is 2.79 bits per heavy atom. The van der Waals surface area contributed by atoms with E-state index in [1.165, 1.54) is 12.3 Å². The minimum Gasteiger partial charge on any atom is -0.487 e. The molecule has 0 fully saturated rings. The maximum absolute atomic E-state index is 13.9. The topological polar surface area (TPSA) is 86.2 Å². The van der Waals surface area contributed by atoms with Gasteiger partial charge >= 0.3 is 0 Å². The number of aryl methyl sites for hydroxylation is 2. The molecule has 0 amide bonds. The summed E-state index contributed by atoms with van der Waals surface area (Å²) in [5, 5.41) is 18.1. The van der Waals surface area contributed by atoms with Crippen molar-refractivity contribution in [2.75, 3.05) is 0 Å². The minimum atomic E-state index is -0.550. The molecule has 1 unspecified atom stereocenters. The molecule has 4 aromatic rings. The summed E-state index contributed by atoms with van der Waals surface area (Å²) in [4.78, 5) is 4.34. The van der Waals surface area contributed by atoms with E-state index in [4.69, 9.17) is 9.15 Å². The number of halogens is 1. The van der Waals surface area contributed by atoms with Crippen LogP contribution in [0.15, 0.2) is 65.5 Å². The van der Waals surface area contributed by atoms with Gasteiger partial charge in [-0.05, 0) is 55.2 Å². The molecule has 2 heterocycles. The molecule has 0 saturated carbocycles. The molecule has 1 atom stereocenters. The highest BCUT2D eigenvalue weighted by Gasteiger charge is 2.09. The van der Waals surface area contributed by atoms with Gasteiger partial charge in [0, 0.05) is 24.4 Å². The zero-order valence-electron chi connectivity index (χ0n) is 18.3. The molecule has 1 N–H and O–H groups in total. The van der Waals surface area contributed by atoms with E-state index in [0.29, 0.717) is 35.9 Å². The number of oxazole rings is 1. The lowest BCUT2D eigenvalue weighted by Crippen LogP contribution is -2.03. The van der Waals surface area contributed by atoms with E-state index in [1.807, 2.05) is 37.3 Å². The summed E-state index contributed by atoms with van der Waals surface area (Å²) in [6.07, 6.45) is 9.07. The van der Waals surface area contributed by atoms with Crippen molar-refractivity contribution in [3.8, 4) is 5.75 Å². The van der Waals surface area contributed by atoms with E-state index in [0.717, 1.165) is 17.5 Å². The van der Waals surface area contributed by atoms with Crippen molar-refractivity contribution in [2.45, 2.75) is 39.0 Å². The smallest absolute Gasteiger partial charge is 0.218 e. The molecule has 8 heteroatoms. The van der Waals surface area contributed by atoms with Crippen molar-refractivity contribution in [3.05, 3.63) is 95.2 Å². The van der Waals surface area contributed by atoms with Crippen LogP contribution in [0.3, 0.4) is 0 Å². The summed E-state index contributed by atoms with van der Waals surface area (Å²) in [5.74, 6) is 0.749. The number of nitrogens with zero attached hydrogens (tertiary/aromatic N) is 4. The molecule has 0 aliphatic rings. The van der Waals surface area contributed by atoms with Crippen molar-refractivity contribution in [1.82, 2.24) is 20.0 Å². The Kier molecular flexibility index (Phi) is 7.26. The second-order valence-corrected chi connectivity index (χ2v) is 7.72. The molecule has 2 aromatic carbocycles. The Balaban J connectivity index is 1.25. The van der Waals surface area contributed by atoms with Crippen LogP contribution >= 0.6 is 0 Å². The van der Waals surface area contributed by atoms with Gasteiger partial charge in [-0.25, -0.2) is 9.37 Å². The van der Waals surface area contributed by atoms with Crippen LogP contribution in [0.5, 0.6) is 5.75 Å². The molecular formula is C25H25FN4O3. The lowest BCUT2D eigenvalue weighted by Gasteiger charge is -2.12. The van der Waals surface area contributed by atoms with Gasteiger partial charge in [0.15, 0.2) is 0 Å². The molecule has 0 aliphatic carbocycles. The number of aliphatic hydroxyl groups excluding tert-OH is 1. The lowest BCUT2D eigenvalue weighted by molar-refractivity contribution is 0.162. The van der Waals surface area contributed by atoms with Crippen LogP contribution in [0.2, 0.25) is 0 Å². The van der Waals surface area contributed by atoms with Crippen molar-refractivity contribution in [3.63, 3.8) is 0 Å². The summed E-state index contributed by atoms with van der Waals surface area (Å²) in [6, 6.07) is 12.4. The van der Waals surface area contributed by atoms with Crippen LogP contribution in [0.4, 0.5) is 4.39 Å². The Labute approximate surface area is 191 Å². The first-order valence-electron chi connectivity index (χ1n) is 10.7. The third-order valence-electron chi connectivity index (χ3n) is 5.12. The van der Waals surface area contributed by atoms with Gasteiger partial charge in [0.25, 0.3) is 0 Å². The molecule has 0 radical (unpaired) electrons. The SMILES string of the molecule is Cc1ccc(/C=C/c2nc(COc3ccc(C(O)CCCn4ccnn4)cc3)co2)c(F)c1. The fraction of sp³-hybridized carbons (Fsp3) is 0.240. The normalized spacial score (nSPS) is 12.3. The van der Waals surface area contributed by atoms with Gasteiger partial charge in [0.1, 0.15) is 30.1 Å². The summed E-state index contributed by atoms with van der Waals surface area (Å²) in [7, 11) is 0. The average Bonchev–Trinajstić information content (AvgIpc) is 3.50. The standard InChI is InChI=1S/C25H25FN4O3/c1-18-4-5-19(23(26)15-18)8-11-25-28-21(17-33-25)16-32-22-9-6-20(7-10-22)24(31)3-2-13-30-14-12-27-29-30/h4-12,14-15,17,24,31H,2-3,13,16H2,1H3/b11-8+. The van der Waals surface area contributed by atoms with E-state index in [2.05, 4.69) is 15.3 Å². The van der Waals surface area contributed by atoms with Gasteiger partial charge in [-0.2, -0.15) is 0 Å². The number of hydrogen-bond acceptors (Lipinski definition) is 6. The molecule has 2 aromatic heterocycles. The van der Waals surface area contributed by atoms with E-state index in [-0.39, 0.29) is 12.4 Å². The zero-order chi connectivity index (χ0) is 23.0. The number of benzene rings is 2. The van der Waals surface area contributed by atoms with Gasteiger partial charge in [0.05, 0.1) is 12.3 Å². The van der Waals surface area contributed by atoms with Crippen LogP contribution in [-0.2, 0) is 13.2 Å². The second kappa shape index (κ2) is 10.7. The van der Waals surface area contributed by atoms with Crippen LogP contribution < -0.4 is 4.74 Å². The predicted octanol–water partition coefficient (Wildman–Crippen LogP) is 4.98. The highest BCUT2D eigenvalue weighted by atomic mass is 19.1. The molecule has 0 bridgehead atoms. The average molecular weight is 448 g/mol. The predicted molar refractivity (Wildman–Crippen MR) is 122 cm³/mol. The largest absolute Gasteiger partial charge is 0.487 e. The van der Waals surface area contributed by atoms with Crippen LogP contribution in [0.25, 0.3) is 12.2 Å². The monoisotopic (exact) mass is 448 g/mol. The third kappa shape index (κ3) is 6.36. The Morgan fingerprint density at radius 2 is 2.03 bits per heavy atom. The van der Waals surface area contributed by atoms with Gasteiger partial charge in [-0.15, -0.1) is 5.10 Å². The summed E-state index contributed by atoms with van der Waals surface area (Å²) in [5.41, 5.74) is 2.79. The second-order valence-electron chi connectivity index (χ2n) is 7.72. The molecule has 0 aliphatic heterocycles. The van der Waals surface area contributed by atoms with Gasteiger partial charge < -0.3 is 14.3 Å². The summed E-state index contributed by atoms with van der Waals surface area (Å²) in [6.45, 7) is 2.79. The summed E-state index contributed by atoms with van der Waals surface area (Å²) >= 11 is 0. The first-order chi connectivity index (χ1) is 16.1. The van der Waals surface area contributed by atoms with Crippen LogP contribution in [0, 0.1) is 12.7 Å². The fourth-order valence-electron chi connectivity index (χ4n) is 3.30. The van der Waals surface area contributed by atoms with E-state index in [9.17, 15) is 9.50 Å².